The summed E-state index contributed by atoms with van der Waals surface area (Å²) in [5, 5.41) is 2.99. The number of para-hydroxylation sites is 1. The van der Waals surface area contributed by atoms with Crippen molar-refractivity contribution >= 4 is 11.9 Å². The van der Waals surface area contributed by atoms with E-state index in [9.17, 15) is 9.59 Å². The molecule has 0 unspecified atom stereocenters. The fourth-order valence-electron chi connectivity index (χ4n) is 3.93. The smallest absolute Gasteiger partial charge is 0.325 e. The van der Waals surface area contributed by atoms with Crippen LogP contribution in [0.4, 0.5) is 4.79 Å². The number of carbonyl (C=O) groups excluding carboxylic acids is 2. The van der Waals surface area contributed by atoms with Crippen molar-refractivity contribution < 1.29 is 14.3 Å². The largest absolute Gasteiger partial charge is 0.494 e. The molecule has 6 heteroatoms. The minimum atomic E-state index is -0.675. The molecule has 2 fully saturated rings. The van der Waals surface area contributed by atoms with Crippen LogP contribution in [-0.4, -0.2) is 60.1 Å². The van der Waals surface area contributed by atoms with Crippen LogP contribution in [0.5, 0.6) is 5.75 Å². The predicted molar refractivity (Wildman–Crippen MR) is 105 cm³/mol. The minimum absolute atomic E-state index is 0.0410. The van der Waals surface area contributed by atoms with Gasteiger partial charge in [0.25, 0.3) is 5.91 Å². The van der Waals surface area contributed by atoms with Crippen molar-refractivity contribution in [2.75, 3.05) is 32.8 Å². The molecular weight excluding hydrogens is 342 g/mol. The Hall–Kier alpha value is -2.08. The van der Waals surface area contributed by atoms with E-state index in [-0.39, 0.29) is 11.9 Å². The van der Waals surface area contributed by atoms with Gasteiger partial charge in [0.2, 0.25) is 0 Å². The summed E-state index contributed by atoms with van der Waals surface area (Å²) in [6.45, 7) is 8.23. The highest BCUT2D eigenvalue weighted by Crippen LogP contribution is 2.30. The second kappa shape index (κ2) is 8.74. The number of urea groups is 1. The first-order valence-electron chi connectivity index (χ1n) is 10.0. The molecule has 2 aliphatic rings. The van der Waals surface area contributed by atoms with Crippen LogP contribution >= 0.6 is 0 Å². The summed E-state index contributed by atoms with van der Waals surface area (Å²) in [6.07, 6.45) is 2.97. The van der Waals surface area contributed by atoms with Crippen molar-refractivity contribution in [3.05, 3.63) is 30.3 Å². The van der Waals surface area contributed by atoms with Gasteiger partial charge in [-0.05, 0) is 43.7 Å². The van der Waals surface area contributed by atoms with Gasteiger partial charge in [0.1, 0.15) is 11.3 Å². The van der Waals surface area contributed by atoms with Crippen LogP contribution in [-0.2, 0) is 4.79 Å². The van der Waals surface area contributed by atoms with Gasteiger partial charge in [0.15, 0.2) is 0 Å². The molecule has 1 aromatic rings. The van der Waals surface area contributed by atoms with Gasteiger partial charge in [0, 0.05) is 26.2 Å². The van der Waals surface area contributed by atoms with Crippen molar-refractivity contribution in [1.82, 2.24) is 15.1 Å². The summed E-state index contributed by atoms with van der Waals surface area (Å²) in [6, 6.07) is 9.44. The van der Waals surface area contributed by atoms with E-state index in [4.69, 9.17) is 4.74 Å². The zero-order valence-electron chi connectivity index (χ0n) is 16.4. The second-order valence-electron chi connectivity index (χ2n) is 8.03. The molecule has 2 aliphatic heterocycles. The number of rotatable bonds is 8. The Kier molecular flexibility index (Phi) is 6.37. The van der Waals surface area contributed by atoms with Crippen molar-refractivity contribution in [3.63, 3.8) is 0 Å². The van der Waals surface area contributed by atoms with E-state index in [0.29, 0.717) is 31.9 Å². The maximum atomic E-state index is 12.9. The highest BCUT2D eigenvalue weighted by molar-refractivity contribution is 6.07. The number of benzene rings is 1. The number of nitrogens with zero attached hydrogens (tertiary/aromatic N) is 2. The van der Waals surface area contributed by atoms with E-state index in [0.717, 1.165) is 38.2 Å². The first-order valence-corrected chi connectivity index (χ1v) is 10.0. The number of carbonyl (C=O) groups is 2. The van der Waals surface area contributed by atoms with Crippen LogP contribution in [0.3, 0.4) is 0 Å². The van der Waals surface area contributed by atoms with Crippen molar-refractivity contribution in [2.45, 2.75) is 45.1 Å². The van der Waals surface area contributed by atoms with E-state index >= 15 is 0 Å². The van der Waals surface area contributed by atoms with Crippen molar-refractivity contribution in [3.8, 4) is 5.75 Å². The molecule has 0 aliphatic carbocycles. The Bertz CT molecular complexity index is 639. The van der Waals surface area contributed by atoms with E-state index in [1.54, 1.807) is 0 Å². The van der Waals surface area contributed by atoms with Gasteiger partial charge >= 0.3 is 6.03 Å². The lowest BCUT2D eigenvalue weighted by Crippen LogP contribution is -2.55. The molecule has 27 heavy (non-hydrogen) atoms. The maximum absolute atomic E-state index is 12.9. The Balaban J connectivity index is 1.43. The lowest BCUT2D eigenvalue weighted by molar-refractivity contribution is -0.133. The highest BCUT2D eigenvalue weighted by Gasteiger charge is 2.51. The number of piperidine rings is 1. The van der Waals surface area contributed by atoms with Crippen molar-refractivity contribution in [1.29, 1.82) is 0 Å². The van der Waals surface area contributed by atoms with Crippen LogP contribution in [0, 0.1) is 5.92 Å². The Morgan fingerprint density at radius 3 is 2.48 bits per heavy atom. The predicted octanol–water partition coefficient (Wildman–Crippen LogP) is 2.89. The van der Waals surface area contributed by atoms with Crippen LogP contribution in [0.15, 0.2) is 30.3 Å². The van der Waals surface area contributed by atoms with E-state index in [1.165, 1.54) is 4.90 Å². The SMILES string of the molecule is CC(C)CN1CCC2(CC1)NC(=O)N(CCCCOc1ccccc1)C2=O. The molecule has 0 aromatic heterocycles. The van der Waals surface area contributed by atoms with Gasteiger partial charge in [0.05, 0.1) is 6.61 Å². The zero-order chi connectivity index (χ0) is 19.3. The lowest BCUT2D eigenvalue weighted by Gasteiger charge is -2.38. The number of ether oxygens (including phenoxy) is 1. The molecular formula is C21H31N3O3. The first-order chi connectivity index (χ1) is 13.0. The summed E-state index contributed by atoms with van der Waals surface area (Å²) in [5.41, 5.74) is -0.675. The third-order valence-electron chi connectivity index (χ3n) is 5.37. The van der Waals surface area contributed by atoms with Crippen LogP contribution < -0.4 is 10.1 Å². The fourth-order valence-corrected chi connectivity index (χ4v) is 3.93. The molecule has 2 saturated heterocycles. The van der Waals surface area contributed by atoms with Gasteiger partial charge in [-0.25, -0.2) is 4.79 Å². The normalized spacial score (nSPS) is 19.7. The number of hydrogen-bond acceptors (Lipinski definition) is 4. The maximum Gasteiger partial charge on any atom is 0.325 e. The average molecular weight is 373 g/mol. The van der Waals surface area contributed by atoms with Gasteiger partial charge in [-0.15, -0.1) is 0 Å². The third kappa shape index (κ3) is 4.80. The number of amides is 3. The molecule has 6 nitrogen and oxygen atoms in total. The van der Waals surface area contributed by atoms with E-state index in [2.05, 4.69) is 24.1 Å². The number of unbranched alkanes of at least 4 members (excludes halogenated alkanes) is 1. The Labute approximate surface area is 161 Å². The number of imide groups is 1. The molecule has 0 saturated carbocycles. The summed E-state index contributed by atoms with van der Waals surface area (Å²) in [7, 11) is 0. The second-order valence-corrected chi connectivity index (χ2v) is 8.03. The van der Waals surface area contributed by atoms with Crippen LogP contribution in [0.1, 0.15) is 39.5 Å². The van der Waals surface area contributed by atoms with E-state index in [1.807, 2.05) is 30.3 Å². The molecule has 1 aromatic carbocycles. The number of likely N-dealkylation sites (tertiary alicyclic amines) is 1. The monoisotopic (exact) mass is 373 g/mol. The molecule has 148 valence electrons. The molecule has 2 heterocycles. The van der Waals surface area contributed by atoms with Crippen molar-refractivity contribution in [2.24, 2.45) is 5.92 Å². The molecule has 1 N–H and O–H groups in total. The molecule has 1 spiro atoms. The highest BCUT2D eigenvalue weighted by atomic mass is 16.5. The third-order valence-corrected chi connectivity index (χ3v) is 5.37. The van der Waals surface area contributed by atoms with Gasteiger partial charge in [-0.2, -0.15) is 0 Å². The van der Waals surface area contributed by atoms with Gasteiger partial charge in [-0.3, -0.25) is 9.69 Å². The lowest BCUT2D eigenvalue weighted by atomic mass is 9.87. The average Bonchev–Trinajstić information content (AvgIpc) is 2.88. The van der Waals surface area contributed by atoms with E-state index < -0.39 is 5.54 Å². The van der Waals surface area contributed by atoms with Crippen LogP contribution in [0.2, 0.25) is 0 Å². The summed E-state index contributed by atoms with van der Waals surface area (Å²) >= 11 is 0. The summed E-state index contributed by atoms with van der Waals surface area (Å²) in [5.74, 6) is 1.42. The molecule has 3 amide bonds. The molecule has 0 atom stereocenters. The standard InChI is InChI=1S/C21H31N3O3/c1-17(2)16-23-13-10-21(11-14-23)19(25)24(20(26)22-21)12-6-7-15-27-18-8-4-3-5-9-18/h3-5,8-9,17H,6-7,10-16H2,1-2H3,(H,22,26). The Morgan fingerprint density at radius 1 is 1.11 bits per heavy atom. The zero-order valence-corrected chi connectivity index (χ0v) is 16.4. The number of nitrogens with one attached hydrogen (secondary N) is 1. The minimum Gasteiger partial charge on any atom is -0.494 e. The molecule has 0 radical (unpaired) electrons. The molecule has 0 bridgehead atoms. The molecule has 3 rings (SSSR count). The number of hydrogen-bond donors (Lipinski definition) is 1. The van der Waals surface area contributed by atoms with Crippen LogP contribution in [0.25, 0.3) is 0 Å². The Morgan fingerprint density at radius 2 is 1.81 bits per heavy atom. The summed E-state index contributed by atoms with van der Waals surface area (Å²) < 4.78 is 5.67. The fraction of sp³-hybridized carbons (Fsp3) is 0.619. The summed E-state index contributed by atoms with van der Waals surface area (Å²) in [4.78, 5) is 29.0. The quantitative estimate of drug-likeness (QED) is 0.562. The topological polar surface area (TPSA) is 61.9 Å². The first kappa shape index (κ1) is 19.7. The van der Waals surface area contributed by atoms with Gasteiger partial charge < -0.3 is 15.0 Å². The van der Waals surface area contributed by atoms with Gasteiger partial charge in [-0.1, -0.05) is 32.0 Å².